The lowest BCUT2D eigenvalue weighted by molar-refractivity contribution is 0.193. The van der Waals surface area contributed by atoms with E-state index in [0.29, 0.717) is 6.04 Å². The lowest BCUT2D eigenvalue weighted by Crippen LogP contribution is -2.28. The molecule has 12 heavy (non-hydrogen) atoms. The van der Waals surface area contributed by atoms with Crippen molar-refractivity contribution in [2.45, 2.75) is 39.7 Å². The normalized spacial score (nSPS) is 13.8. The maximum atomic E-state index is 4.96. The maximum Gasteiger partial charge on any atom is 0.0474 e. The second-order valence-electron chi connectivity index (χ2n) is 3.83. The second kappa shape index (κ2) is 7.56. The van der Waals surface area contributed by atoms with Crippen LogP contribution >= 0.6 is 0 Å². The van der Waals surface area contributed by atoms with Crippen LogP contribution in [-0.4, -0.2) is 26.3 Å². The van der Waals surface area contributed by atoms with Crippen LogP contribution in [-0.2, 0) is 4.74 Å². The molecule has 0 saturated carbocycles. The summed E-state index contributed by atoms with van der Waals surface area (Å²) in [5, 5.41) is 3.47. The van der Waals surface area contributed by atoms with Crippen molar-refractivity contribution in [3.8, 4) is 0 Å². The van der Waals surface area contributed by atoms with Gasteiger partial charge in [-0.2, -0.15) is 0 Å². The van der Waals surface area contributed by atoms with E-state index >= 15 is 0 Å². The van der Waals surface area contributed by atoms with Crippen molar-refractivity contribution in [1.82, 2.24) is 5.32 Å². The van der Waals surface area contributed by atoms with Gasteiger partial charge in [0.1, 0.15) is 0 Å². The maximum absolute atomic E-state index is 4.96. The number of ether oxygens (including phenoxy) is 1. The first kappa shape index (κ1) is 11.9. The monoisotopic (exact) mass is 173 g/mol. The summed E-state index contributed by atoms with van der Waals surface area (Å²) in [6, 6.07) is 0.641. The Hall–Kier alpha value is -0.0800. The molecule has 0 aliphatic carbocycles. The molecule has 2 nitrogen and oxygen atoms in total. The van der Waals surface area contributed by atoms with Gasteiger partial charge in [-0.3, -0.25) is 0 Å². The molecule has 0 bridgehead atoms. The van der Waals surface area contributed by atoms with Crippen molar-refractivity contribution in [3.63, 3.8) is 0 Å². The molecule has 0 fully saturated rings. The highest BCUT2D eigenvalue weighted by molar-refractivity contribution is 4.62. The number of hydrogen-bond donors (Lipinski definition) is 1. The Bertz CT molecular complexity index is 93.8. The van der Waals surface area contributed by atoms with E-state index in [1.807, 2.05) is 0 Å². The van der Waals surface area contributed by atoms with Crippen LogP contribution in [0.4, 0.5) is 0 Å². The molecule has 0 aromatic rings. The van der Waals surface area contributed by atoms with Crippen LogP contribution < -0.4 is 5.32 Å². The van der Waals surface area contributed by atoms with Gasteiger partial charge in [0.15, 0.2) is 0 Å². The molecule has 2 heteroatoms. The quantitative estimate of drug-likeness (QED) is 0.595. The predicted octanol–water partition coefficient (Wildman–Crippen LogP) is 2.05. The Morgan fingerprint density at radius 3 is 2.42 bits per heavy atom. The van der Waals surface area contributed by atoms with Gasteiger partial charge in [-0.1, -0.05) is 13.8 Å². The van der Waals surface area contributed by atoms with Gasteiger partial charge in [-0.25, -0.2) is 0 Å². The fourth-order valence-electron chi connectivity index (χ4n) is 1.36. The number of methoxy groups -OCH3 is 1. The Balaban J connectivity index is 3.14. The van der Waals surface area contributed by atoms with Gasteiger partial charge in [0, 0.05) is 19.8 Å². The molecule has 1 N–H and O–H groups in total. The molecule has 1 atom stereocenters. The molecule has 74 valence electrons. The first-order valence-electron chi connectivity index (χ1n) is 4.89. The highest BCUT2D eigenvalue weighted by Crippen LogP contribution is 2.03. The summed E-state index contributed by atoms with van der Waals surface area (Å²) in [5.74, 6) is 0.787. The molecule has 0 aliphatic rings. The van der Waals surface area contributed by atoms with E-state index in [2.05, 4.69) is 26.1 Å². The van der Waals surface area contributed by atoms with Crippen LogP contribution in [0.3, 0.4) is 0 Å². The van der Waals surface area contributed by atoms with Crippen molar-refractivity contribution in [2.24, 2.45) is 5.92 Å². The first-order valence-corrected chi connectivity index (χ1v) is 4.89. The van der Waals surface area contributed by atoms with Crippen molar-refractivity contribution in [1.29, 1.82) is 0 Å². The fraction of sp³-hybridized carbons (Fsp3) is 1.00. The van der Waals surface area contributed by atoms with Crippen LogP contribution in [0.1, 0.15) is 33.6 Å². The van der Waals surface area contributed by atoms with Crippen molar-refractivity contribution >= 4 is 0 Å². The molecule has 0 aromatic heterocycles. The summed E-state index contributed by atoms with van der Waals surface area (Å²) in [6.07, 6.45) is 2.37. The second-order valence-corrected chi connectivity index (χ2v) is 3.83. The summed E-state index contributed by atoms with van der Waals surface area (Å²) in [4.78, 5) is 0. The third kappa shape index (κ3) is 8.02. The van der Waals surface area contributed by atoms with E-state index in [1.54, 1.807) is 7.11 Å². The minimum atomic E-state index is 0.641. The highest BCUT2D eigenvalue weighted by atomic mass is 16.5. The van der Waals surface area contributed by atoms with Gasteiger partial charge in [-0.05, 0) is 32.2 Å². The molecule has 0 aliphatic heterocycles. The van der Waals surface area contributed by atoms with E-state index in [9.17, 15) is 0 Å². The molecule has 0 heterocycles. The van der Waals surface area contributed by atoms with E-state index in [-0.39, 0.29) is 0 Å². The molecular weight excluding hydrogens is 150 g/mol. The van der Waals surface area contributed by atoms with E-state index in [1.165, 1.54) is 6.42 Å². The Kier molecular flexibility index (Phi) is 7.51. The van der Waals surface area contributed by atoms with Crippen LogP contribution in [0.15, 0.2) is 0 Å². The minimum absolute atomic E-state index is 0.641. The first-order chi connectivity index (χ1) is 5.66. The number of rotatable bonds is 7. The third-order valence-electron chi connectivity index (χ3n) is 1.84. The molecule has 0 saturated heterocycles. The molecular formula is C10H23NO. The largest absolute Gasteiger partial charge is 0.385 e. The van der Waals surface area contributed by atoms with E-state index in [4.69, 9.17) is 4.74 Å². The summed E-state index contributed by atoms with van der Waals surface area (Å²) < 4.78 is 4.96. The van der Waals surface area contributed by atoms with Gasteiger partial charge < -0.3 is 10.1 Å². The smallest absolute Gasteiger partial charge is 0.0474 e. The molecule has 0 aromatic carbocycles. The predicted molar refractivity (Wildman–Crippen MR) is 53.4 cm³/mol. The average Bonchev–Trinajstić information content (AvgIpc) is 1.97. The lowest BCUT2D eigenvalue weighted by Gasteiger charge is -2.15. The van der Waals surface area contributed by atoms with Gasteiger partial charge in [-0.15, -0.1) is 0 Å². The molecule has 1 unspecified atom stereocenters. The standard InChI is InChI=1S/C10H23NO/c1-9(2)8-10(3)11-6-5-7-12-4/h9-11H,5-8H2,1-4H3. The number of hydrogen-bond acceptors (Lipinski definition) is 2. The number of nitrogens with one attached hydrogen (secondary N) is 1. The molecule has 0 spiro atoms. The van der Waals surface area contributed by atoms with Gasteiger partial charge in [0.2, 0.25) is 0 Å². The Morgan fingerprint density at radius 2 is 1.92 bits per heavy atom. The average molecular weight is 173 g/mol. The van der Waals surface area contributed by atoms with Gasteiger partial charge >= 0.3 is 0 Å². The summed E-state index contributed by atoms with van der Waals surface area (Å²) in [7, 11) is 1.75. The zero-order chi connectivity index (χ0) is 9.40. The van der Waals surface area contributed by atoms with Crippen molar-refractivity contribution in [2.75, 3.05) is 20.3 Å². The molecule has 0 rings (SSSR count). The zero-order valence-corrected chi connectivity index (χ0v) is 8.89. The Morgan fingerprint density at radius 1 is 1.25 bits per heavy atom. The molecule has 0 amide bonds. The topological polar surface area (TPSA) is 21.3 Å². The summed E-state index contributed by atoms with van der Waals surface area (Å²) in [5.41, 5.74) is 0. The molecule has 0 radical (unpaired) electrons. The third-order valence-corrected chi connectivity index (χ3v) is 1.84. The summed E-state index contributed by atoms with van der Waals surface area (Å²) >= 11 is 0. The van der Waals surface area contributed by atoms with Crippen LogP contribution in [0.5, 0.6) is 0 Å². The van der Waals surface area contributed by atoms with Gasteiger partial charge in [0.25, 0.3) is 0 Å². The van der Waals surface area contributed by atoms with Crippen LogP contribution in [0.25, 0.3) is 0 Å². The highest BCUT2D eigenvalue weighted by Gasteiger charge is 2.02. The summed E-state index contributed by atoms with van der Waals surface area (Å²) in [6.45, 7) is 8.69. The fourth-order valence-corrected chi connectivity index (χ4v) is 1.36. The Labute approximate surface area is 76.7 Å². The van der Waals surface area contributed by atoms with E-state index in [0.717, 1.165) is 25.5 Å². The lowest BCUT2D eigenvalue weighted by atomic mass is 10.1. The van der Waals surface area contributed by atoms with E-state index < -0.39 is 0 Å². The van der Waals surface area contributed by atoms with Gasteiger partial charge in [0.05, 0.1) is 0 Å². The van der Waals surface area contributed by atoms with Crippen molar-refractivity contribution in [3.05, 3.63) is 0 Å². The minimum Gasteiger partial charge on any atom is -0.385 e. The SMILES string of the molecule is COCCCNC(C)CC(C)C. The van der Waals surface area contributed by atoms with Crippen molar-refractivity contribution < 1.29 is 4.74 Å². The zero-order valence-electron chi connectivity index (χ0n) is 8.89. The van der Waals surface area contributed by atoms with Crippen LogP contribution in [0.2, 0.25) is 0 Å². The van der Waals surface area contributed by atoms with Crippen LogP contribution in [0, 0.1) is 5.92 Å².